The third-order valence-corrected chi connectivity index (χ3v) is 2.67. The molecule has 1 heterocycles. The zero-order valence-electron chi connectivity index (χ0n) is 9.73. The van der Waals surface area contributed by atoms with E-state index in [-0.39, 0.29) is 0 Å². The summed E-state index contributed by atoms with van der Waals surface area (Å²) in [7, 11) is 0. The van der Waals surface area contributed by atoms with Crippen LogP contribution in [0.2, 0.25) is 0 Å². The SMILES string of the molecule is c1ccc(N(c2ccccc2)c2cnco2)cc1. The van der Waals surface area contributed by atoms with Gasteiger partial charge in [0, 0.05) is 11.4 Å². The normalized spacial score (nSPS) is 10.2. The zero-order valence-corrected chi connectivity index (χ0v) is 9.73. The molecule has 18 heavy (non-hydrogen) atoms. The minimum Gasteiger partial charge on any atom is -0.427 e. The molecule has 0 saturated heterocycles. The molecule has 1 aromatic heterocycles. The first-order chi connectivity index (χ1) is 8.95. The van der Waals surface area contributed by atoms with Gasteiger partial charge in [-0.15, -0.1) is 0 Å². The first kappa shape index (κ1) is 10.6. The number of rotatable bonds is 3. The van der Waals surface area contributed by atoms with Crippen LogP contribution in [-0.2, 0) is 0 Å². The second-order valence-corrected chi connectivity index (χ2v) is 3.85. The lowest BCUT2D eigenvalue weighted by Gasteiger charge is -2.21. The molecule has 0 amide bonds. The van der Waals surface area contributed by atoms with Gasteiger partial charge in [0.15, 0.2) is 6.39 Å². The molecule has 0 saturated carbocycles. The summed E-state index contributed by atoms with van der Waals surface area (Å²) < 4.78 is 5.42. The third-order valence-electron chi connectivity index (χ3n) is 2.67. The lowest BCUT2D eigenvalue weighted by Crippen LogP contribution is -2.08. The van der Waals surface area contributed by atoms with E-state index in [1.54, 1.807) is 6.20 Å². The number of hydrogen-bond acceptors (Lipinski definition) is 3. The van der Waals surface area contributed by atoms with Crippen molar-refractivity contribution in [1.82, 2.24) is 4.98 Å². The summed E-state index contributed by atoms with van der Waals surface area (Å²) in [5.74, 6) is 0.701. The van der Waals surface area contributed by atoms with Gasteiger partial charge in [0.05, 0.1) is 6.20 Å². The van der Waals surface area contributed by atoms with E-state index in [0.29, 0.717) is 5.88 Å². The predicted octanol–water partition coefficient (Wildman–Crippen LogP) is 4.14. The fourth-order valence-electron chi connectivity index (χ4n) is 1.88. The Kier molecular flexibility index (Phi) is 2.80. The van der Waals surface area contributed by atoms with Gasteiger partial charge in [0.25, 0.3) is 0 Å². The topological polar surface area (TPSA) is 29.3 Å². The van der Waals surface area contributed by atoms with E-state index in [4.69, 9.17) is 4.42 Å². The smallest absolute Gasteiger partial charge is 0.224 e. The van der Waals surface area contributed by atoms with Crippen LogP contribution in [0.1, 0.15) is 0 Å². The van der Waals surface area contributed by atoms with E-state index in [9.17, 15) is 0 Å². The van der Waals surface area contributed by atoms with E-state index in [0.717, 1.165) is 11.4 Å². The highest BCUT2D eigenvalue weighted by Crippen LogP contribution is 2.33. The Morgan fingerprint density at radius 3 is 1.78 bits per heavy atom. The molecule has 88 valence electrons. The lowest BCUT2D eigenvalue weighted by molar-refractivity contribution is 0.564. The van der Waals surface area contributed by atoms with Gasteiger partial charge in [-0.1, -0.05) is 36.4 Å². The standard InChI is InChI=1S/C15H12N2O/c1-3-7-13(8-4-1)17(15-11-16-12-18-15)14-9-5-2-6-10-14/h1-12H. The van der Waals surface area contributed by atoms with Crippen molar-refractivity contribution in [2.24, 2.45) is 0 Å². The van der Waals surface area contributed by atoms with Crippen molar-refractivity contribution in [3.05, 3.63) is 73.3 Å². The number of oxazole rings is 1. The number of para-hydroxylation sites is 2. The Bertz CT molecular complexity index is 551. The molecule has 0 unspecified atom stereocenters. The van der Waals surface area contributed by atoms with Crippen LogP contribution in [-0.4, -0.2) is 4.98 Å². The first-order valence-corrected chi connectivity index (χ1v) is 5.74. The minimum atomic E-state index is 0.701. The van der Waals surface area contributed by atoms with Crippen molar-refractivity contribution in [3.63, 3.8) is 0 Å². The number of anilines is 3. The van der Waals surface area contributed by atoms with Crippen molar-refractivity contribution >= 4 is 17.3 Å². The molecule has 3 aromatic rings. The maximum Gasteiger partial charge on any atom is 0.224 e. The van der Waals surface area contributed by atoms with E-state index in [1.807, 2.05) is 65.6 Å². The molecule has 0 atom stereocenters. The number of nitrogens with zero attached hydrogens (tertiary/aromatic N) is 2. The van der Waals surface area contributed by atoms with Crippen LogP contribution >= 0.6 is 0 Å². The number of aromatic nitrogens is 1. The maximum atomic E-state index is 5.42. The molecule has 2 aromatic carbocycles. The van der Waals surface area contributed by atoms with Crippen LogP contribution < -0.4 is 4.90 Å². The van der Waals surface area contributed by atoms with Gasteiger partial charge in [-0.2, -0.15) is 0 Å². The Morgan fingerprint density at radius 1 is 0.778 bits per heavy atom. The summed E-state index contributed by atoms with van der Waals surface area (Å²) in [4.78, 5) is 6.01. The third kappa shape index (κ3) is 1.98. The van der Waals surface area contributed by atoms with Gasteiger partial charge in [-0.25, -0.2) is 4.98 Å². The first-order valence-electron chi connectivity index (χ1n) is 5.74. The lowest BCUT2D eigenvalue weighted by atomic mass is 10.2. The monoisotopic (exact) mass is 236 g/mol. The molecule has 0 bridgehead atoms. The van der Waals surface area contributed by atoms with Crippen molar-refractivity contribution in [1.29, 1.82) is 0 Å². The van der Waals surface area contributed by atoms with E-state index in [2.05, 4.69) is 4.98 Å². The zero-order chi connectivity index (χ0) is 12.2. The predicted molar refractivity (Wildman–Crippen MR) is 71.2 cm³/mol. The van der Waals surface area contributed by atoms with E-state index in [1.165, 1.54) is 6.39 Å². The van der Waals surface area contributed by atoms with Crippen LogP contribution in [0.5, 0.6) is 0 Å². The van der Waals surface area contributed by atoms with Gasteiger partial charge >= 0.3 is 0 Å². The number of benzene rings is 2. The highest BCUT2D eigenvalue weighted by atomic mass is 16.4. The largest absolute Gasteiger partial charge is 0.427 e. The van der Waals surface area contributed by atoms with Crippen LogP contribution in [0.15, 0.2) is 77.7 Å². The molecule has 0 fully saturated rings. The van der Waals surface area contributed by atoms with Gasteiger partial charge in [-0.05, 0) is 24.3 Å². The average molecular weight is 236 g/mol. The summed E-state index contributed by atoms with van der Waals surface area (Å²) in [6.45, 7) is 0. The van der Waals surface area contributed by atoms with Gasteiger partial charge in [-0.3, -0.25) is 4.90 Å². The Balaban J connectivity index is 2.11. The second-order valence-electron chi connectivity index (χ2n) is 3.85. The molecule has 3 rings (SSSR count). The molecule has 0 spiro atoms. The number of hydrogen-bond donors (Lipinski definition) is 0. The minimum absolute atomic E-state index is 0.701. The second kappa shape index (κ2) is 4.75. The van der Waals surface area contributed by atoms with E-state index < -0.39 is 0 Å². The van der Waals surface area contributed by atoms with Crippen LogP contribution in [0.25, 0.3) is 0 Å². The summed E-state index contributed by atoms with van der Waals surface area (Å²) in [5, 5.41) is 0. The highest BCUT2D eigenvalue weighted by Gasteiger charge is 2.13. The summed E-state index contributed by atoms with van der Waals surface area (Å²) in [6.07, 6.45) is 3.15. The fraction of sp³-hybridized carbons (Fsp3) is 0. The molecule has 3 heteroatoms. The molecule has 3 nitrogen and oxygen atoms in total. The van der Waals surface area contributed by atoms with Crippen LogP contribution in [0, 0.1) is 0 Å². The van der Waals surface area contributed by atoms with Crippen molar-refractivity contribution in [2.75, 3.05) is 4.90 Å². The Morgan fingerprint density at radius 2 is 1.33 bits per heavy atom. The molecule has 0 aliphatic rings. The molecule has 0 aliphatic carbocycles. The van der Waals surface area contributed by atoms with Crippen molar-refractivity contribution in [3.8, 4) is 0 Å². The van der Waals surface area contributed by atoms with Gasteiger partial charge < -0.3 is 4.42 Å². The van der Waals surface area contributed by atoms with E-state index >= 15 is 0 Å². The highest BCUT2D eigenvalue weighted by molar-refractivity contribution is 5.72. The Hall–Kier alpha value is -2.55. The molecule has 0 aliphatic heterocycles. The van der Waals surface area contributed by atoms with Crippen molar-refractivity contribution in [2.45, 2.75) is 0 Å². The maximum absolute atomic E-state index is 5.42. The molecule has 0 N–H and O–H groups in total. The molecular formula is C15H12N2O. The molecular weight excluding hydrogens is 224 g/mol. The fourth-order valence-corrected chi connectivity index (χ4v) is 1.88. The average Bonchev–Trinajstić information content (AvgIpc) is 2.95. The van der Waals surface area contributed by atoms with Gasteiger partial charge in [0.2, 0.25) is 5.88 Å². The Labute approximate surface area is 105 Å². The van der Waals surface area contributed by atoms with Gasteiger partial charge in [0.1, 0.15) is 0 Å². The summed E-state index contributed by atoms with van der Waals surface area (Å²) in [5.41, 5.74) is 2.08. The molecule has 0 radical (unpaired) electrons. The van der Waals surface area contributed by atoms with Crippen molar-refractivity contribution < 1.29 is 4.42 Å². The quantitative estimate of drug-likeness (QED) is 0.684. The summed E-state index contributed by atoms with van der Waals surface area (Å²) >= 11 is 0. The van der Waals surface area contributed by atoms with Crippen LogP contribution in [0.4, 0.5) is 17.3 Å². The van der Waals surface area contributed by atoms with Crippen LogP contribution in [0.3, 0.4) is 0 Å². The summed E-state index contributed by atoms with van der Waals surface area (Å²) in [6, 6.07) is 20.1.